The van der Waals surface area contributed by atoms with Crippen LogP contribution in [-0.4, -0.2) is 77.9 Å². The van der Waals surface area contributed by atoms with Crippen LogP contribution in [0, 0.1) is 5.92 Å². The highest BCUT2D eigenvalue weighted by Gasteiger charge is 2.31. The number of carbonyl (C=O) groups is 3. The number of carbonyl (C=O) groups excluding carboxylic acids is 3. The molecule has 1 saturated heterocycles. The Balaban J connectivity index is 2.55. The average Bonchev–Trinajstić information content (AvgIpc) is 2.59. The van der Waals surface area contributed by atoms with Gasteiger partial charge in [0.15, 0.2) is 0 Å². The van der Waals surface area contributed by atoms with Gasteiger partial charge in [-0.1, -0.05) is 0 Å². The summed E-state index contributed by atoms with van der Waals surface area (Å²) in [6.07, 6.45) is 1.32. The maximum absolute atomic E-state index is 12.7. The molecule has 7 heteroatoms. The van der Waals surface area contributed by atoms with Crippen molar-refractivity contribution in [2.75, 3.05) is 39.3 Å². The summed E-state index contributed by atoms with van der Waals surface area (Å²) < 4.78 is 0. The third-order valence-electron chi connectivity index (χ3n) is 4.63. The van der Waals surface area contributed by atoms with Crippen molar-refractivity contribution in [3.63, 3.8) is 0 Å². The van der Waals surface area contributed by atoms with Gasteiger partial charge in [-0.05, 0) is 47.5 Å². The van der Waals surface area contributed by atoms with E-state index in [4.69, 9.17) is 0 Å². The van der Waals surface area contributed by atoms with Crippen LogP contribution in [0.2, 0.25) is 0 Å². The minimum absolute atomic E-state index is 0.0244. The molecule has 0 aromatic heterocycles. The fraction of sp³-hybridized carbons (Fsp3) is 0.833. The Kier molecular flexibility index (Phi) is 8.72. The van der Waals surface area contributed by atoms with Crippen LogP contribution < -0.4 is 5.32 Å². The molecule has 0 bridgehead atoms. The van der Waals surface area contributed by atoms with Crippen LogP contribution in [0.25, 0.3) is 0 Å². The highest BCUT2D eigenvalue weighted by molar-refractivity contribution is 5.86. The lowest BCUT2D eigenvalue weighted by molar-refractivity contribution is -0.140. The molecule has 0 saturated carbocycles. The maximum Gasteiger partial charge on any atom is 0.319 e. The van der Waals surface area contributed by atoms with E-state index in [-0.39, 0.29) is 36.3 Å². The largest absolute Gasteiger partial charge is 0.352 e. The molecule has 144 valence electrons. The topological polar surface area (TPSA) is 73.0 Å². The number of hydrogen-bond acceptors (Lipinski definition) is 3. The summed E-state index contributed by atoms with van der Waals surface area (Å²) >= 11 is 0. The van der Waals surface area contributed by atoms with Crippen LogP contribution in [-0.2, 0) is 9.59 Å². The number of urea groups is 1. The first-order valence-corrected chi connectivity index (χ1v) is 9.45. The molecule has 1 N–H and O–H groups in total. The first-order valence-electron chi connectivity index (χ1n) is 9.45. The molecule has 0 radical (unpaired) electrons. The number of likely N-dealkylation sites (tertiary alicyclic amines) is 1. The molecule has 1 aliphatic rings. The normalized spacial score (nSPS) is 15.2. The van der Waals surface area contributed by atoms with Gasteiger partial charge in [0, 0.05) is 44.7 Å². The van der Waals surface area contributed by atoms with E-state index in [9.17, 15) is 14.4 Å². The molecule has 0 spiro atoms. The van der Waals surface area contributed by atoms with Crippen molar-refractivity contribution in [3.05, 3.63) is 0 Å². The summed E-state index contributed by atoms with van der Waals surface area (Å²) in [5.41, 5.74) is 0. The number of likely N-dealkylation sites (N-methyl/N-ethyl adjacent to an activating group) is 1. The number of hydrogen-bond donors (Lipinski definition) is 1. The van der Waals surface area contributed by atoms with Gasteiger partial charge >= 0.3 is 6.03 Å². The van der Waals surface area contributed by atoms with Gasteiger partial charge < -0.3 is 20.0 Å². The van der Waals surface area contributed by atoms with E-state index in [1.165, 1.54) is 0 Å². The quantitative estimate of drug-likeness (QED) is 0.754. The fourth-order valence-corrected chi connectivity index (χ4v) is 3.16. The average molecular weight is 354 g/mol. The van der Waals surface area contributed by atoms with Gasteiger partial charge in [0.25, 0.3) is 0 Å². The molecular formula is C18H34N4O3. The second kappa shape index (κ2) is 10.3. The smallest absolute Gasteiger partial charge is 0.319 e. The van der Waals surface area contributed by atoms with E-state index in [1.807, 2.05) is 39.5 Å². The molecule has 7 nitrogen and oxygen atoms in total. The Morgan fingerprint density at radius 3 is 1.96 bits per heavy atom. The molecule has 1 heterocycles. The van der Waals surface area contributed by atoms with Crippen LogP contribution in [0.4, 0.5) is 4.79 Å². The molecule has 0 atom stereocenters. The van der Waals surface area contributed by atoms with Crippen molar-refractivity contribution >= 4 is 17.8 Å². The van der Waals surface area contributed by atoms with Gasteiger partial charge in [-0.15, -0.1) is 0 Å². The van der Waals surface area contributed by atoms with Crippen molar-refractivity contribution in [2.24, 2.45) is 5.92 Å². The zero-order chi connectivity index (χ0) is 19.0. The lowest BCUT2D eigenvalue weighted by atomic mass is 9.95. The molecule has 4 amide bonds. The first-order chi connectivity index (χ1) is 11.8. The Hall–Kier alpha value is -1.79. The molecule has 0 aliphatic carbocycles. The van der Waals surface area contributed by atoms with Gasteiger partial charge in [0.2, 0.25) is 11.8 Å². The second-order valence-corrected chi connectivity index (χ2v) is 6.79. The summed E-state index contributed by atoms with van der Waals surface area (Å²) in [7, 11) is 0. The van der Waals surface area contributed by atoms with Crippen LogP contribution in [0.15, 0.2) is 0 Å². The predicted molar refractivity (Wildman–Crippen MR) is 98.1 cm³/mol. The molecule has 0 aromatic carbocycles. The van der Waals surface area contributed by atoms with Gasteiger partial charge in [-0.3, -0.25) is 9.59 Å². The van der Waals surface area contributed by atoms with E-state index in [0.29, 0.717) is 45.6 Å². The lowest BCUT2D eigenvalue weighted by Crippen LogP contribution is -2.50. The van der Waals surface area contributed by atoms with Crippen molar-refractivity contribution in [2.45, 2.75) is 53.5 Å². The number of nitrogens with one attached hydrogen (secondary N) is 1. The summed E-state index contributed by atoms with van der Waals surface area (Å²) in [5.74, 6) is -0.205. The minimum Gasteiger partial charge on any atom is -0.352 e. The van der Waals surface area contributed by atoms with Crippen molar-refractivity contribution < 1.29 is 14.4 Å². The van der Waals surface area contributed by atoms with E-state index in [0.717, 1.165) is 0 Å². The highest BCUT2D eigenvalue weighted by Crippen LogP contribution is 2.20. The van der Waals surface area contributed by atoms with Crippen LogP contribution in [0.5, 0.6) is 0 Å². The molecular weight excluding hydrogens is 320 g/mol. The zero-order valence-corrected chi connectivity index (χ0v) is 16.4. The van der Waals surface area contributed by atoms with Crippen LogP contribution in [0.3, 0.4) is 0 Å². The Bertz CT molecular complexity index is 455. The van der Waals surface area contributed by atoms with Gasteiger partial charge in [-0.2, -0.15) is 0 Å². The fourth-order valence-electron chi connectivity index (χ4n) is 3.16. The van der Waals surface area contributed by atoms with Gasteiger partial charge in [0.1, 0.15) is 0 Å². The standard InChI is InChI=1S/C18H34N4O3/c1-6-20(7-2)18(25)22-11-9-15(10-12-22)17(24)21(8-3)13-16(23)19-14(4)5/h14-15H,6-13H2,1-5H3,(H,19,23). The highest BCUT2D eigenvalue weighted by atomic mass is 16.2. The monoisotopic (exact) mass is 354 g/mol. The maximum atomic E-state index is 12.7. The lowest BCUT2D eigenvalue weighted by Gasteiger charge is -2.36. The Morgan fingerprint density at radius 2 is 1.52 bits per heavy atom. The summed E-state index contributed by atoms with van der Waals surface area (Å²) in [6.45, 7) is 12.8. The van der Waals surface area contributed by atoms with Gasteiger partial charge in [-0.25, -0.2) is 4.79 Å². The number of rotatable bonds is 7. The zero-order valence-electron chi connectivity index (χ0n) is 16.4. The van der Waals surface area contributed by atoms with E-state index in [2.05, 4.69) is 5.32 Å². The third-order valence-corrected chi connectivity index (χ3v) is 4.63. The minimum atomic E-state index is -0.126. The number of piperidine rings is 1. The van der Waals surface area contributed by atoms with Crippen molar-refractivity contribution in [3.8, 4) is 0 Å². The van der Waals surface area contributed by atoms with Gasteiger partial charge in [0.05, 0.1) is 6.54 Å². The van der Waals surface area contributed by atoms with Crippen molar-refractivity contribution in [1.82, 2.24) is 20.0 Å². The van der Waals surface area contributed by atoms with Crippen LogP contribution in [0.1, 0.15) is 47.5 Å². The second-order valence-electron chi connectivity index (χ2n) is 6.79. The van der Waals surface area contributed by atoms with E-state index in [1.54, 1.807) is 9.80 Å². The molecule has 1 aliphatic heterocycles. The SMILES string of the molecule is CCN(CC(=O)NC(C)C)C(=O)C1CCN(C(=O)N(CC)CC)CC1. The summed E-state index contributed by atoms with van der Waals surface area (Å²) in [4.78, 5) is 42.3. The number of amides is 4. The molecule has 0 aromatic rings. The van der Waals surface area contributed by atoms with E-state index >= 15 is 0 Å². The Labute approximate surface area is 151 Å². The molecule has 1 fully saturated rings. The summed E-state index contributed by atoms with van der Waals surface area (Å²) in [6, 6.07) is 0.121. The predicted octanol–water partition coefficient (Wildman–Crippen LogP) is 1.53. The van der Waals surface area contributed by atoms with E-state index < -0.39 is 0 Å². The molecule has 25 heavy (non-hydrogen) atoms. The first kappa shape index (κ1) is 21.3. The molecule has 0 unspecified atom stereocenters. The van der Waals surface area contributed by atoms with Crippen LogP contribution >= 0.6 is 0 Å². The molecule has 1 rings (SSSR count). The summed E-state index contributed by atoms with van der Waals surface area (Å²) in [5, 5.41) is 2.82. The third kappa shape index (κ3) is 6.21. The van der Waals surface area contributed by atoms with Crippen molar-refractivity contribution in [1.29, 1.82) is 0 Å². The number of nitrogens with zero attached hydrogens (tertiary/aromatic N) is 3. The Morgan fingerprint density at radius 1 is 1.00 bits per heavy atom.